The van der Waals surface area contributed by atoms with Crippen LogP contribution in [0.2, 0.25) is 0 Å². The molecular weight excluding hydrogens is 492 g/mol. The molecule has 0 bridgehead atoms. The molecule has 2 fully saturated rings. The molecule has 2 aliphatic rings. The van der Waals surface area contributed by atoms with Crippen molar-refractivity contribution in [3.05, 3.63) is 80.1 Å². The van der Waals surface area contributed by atoms with Crippen molar-refractivity contribution in [2.75, 3.05) is 18.0 Å². The quantitative estimate of drug-likeness (QED) is 0.375. The van der Waals surface area contributed by atoms with E-state index < -0.39 is 0 Å². The summed E-state index contributed by atoms with van der Waals surface area (Å²) in [6.07, 6.45) is 3.36. The van der Waals surface area contributed by atoms with Crippen molar-refractivity contribution < 1.29 is 9.53 Å². The minimum absolute atomic E-state index is 0.00792. The summed E-state index contributed by atoms with van der Waals surface area (Å²) in [5.74, 6) is 0.370. The van der Waals surface area contributed by atoms with Gasteiger partial charge in [-0.1, -0.05) is 59.9 Å². The standard InChI is InChI=1S/C27H28N4O3S2/c1-16-7-9-20(10-8-16)15-31-26(33)22(36-27(31)35)12-21-24(29-13-18(3)34-19(4)14-29)28-23-17(2)6-5-11-30(23)25(21)32/h5-12,18-19H,13-15H2,1-4H3/b22-12+/t18-,19+. The number of fused-ring (bicyclic) bond motifs is 1. The molecule has 2 atom stereocenters. The Balaban J connectivity index is 1.58. The number of hydrogen-bond donors (Lipinski definition) is 0. The van der Waals surface area contributed by atoms with Gasteiger partial charge < -0.3 is 9.64 Å². The zero-order valence-corrected chi connectivity index (χ0v) is 22.4. The third-order valence-electron chi connectivity index (χ3n) is 6.39. The number of ether oxygens (including phenoxy) is 1. The topological polar surface area (TPSA) is 67.2 Å². The van der Waals surface area contributed by atoms with Crippen molar-refractivity contribution in [1.82, 2.24) is 14.3 Å². The minimum atomic E-state index is -0.214. The van der Waals surface area contributed by atoms with E-state index in [1.807, 2.05) is 64.1 Å². The molecule has 3 aromatic rings. The van der Waals surface area contributed by atoms with Crippen molar-refractivity contribution in [2.45, 2.75) is 46.4 Å². The van der Waals surface area contributed by atoms with Crippen LogP contribution in [0.25, 0.3) is 11.7 Å². The lowest BCUT2D eigenvalue weighted by molar-refractivity contribution is -0.122. The largest absolute Gasteiger partial charge is 0.372 e. The monoisotopic (exact) mass is 520 g/mol. The second-order valence-electron chi connectivity index (χ2n) is 9.45. The first-order valence-corrected chi connectivity index (χ1v) is 13.2. The highest BCUT2D eigenvalue weighted by Gasteiger charge is 2.33. The van der Waals surface area contributed by atoms with Gasteiger partial charge in [-0.05, 0) is 51.0 Å². The van der Waals surface area contributed by atoms with E-state index >= 15 is 0 Å². The Morgan fingerprint density at radius 2 is 1.81 bits per heavy atom. The molecule has 4 heterocycles. The molecule has 0 aliphatic carbocycles. The second-order valence-corrected chi connectivity index (χ2v) is 11.1. The third kappa shape index (κ3) is 4.70. The summed E-state index contributed by atoms with van der Waals surface area (Å²) in [6, 6.07) is 11.8. The summed E-state index contributed by atoms with van der Waals surface area (Å²) in [5, 5.41) is 0. The van der Waals surface area contributed by atoms with E-state index in [9.17, 15) is 9.59 Å². The Labute approximate surface area is 219 Å². The van der Waals surface area contributed by atoms with Gasteiger partial charge in [-0.25, -0.2) is 4.98 Å². The predicted molar refractivity (Wildman–Crippen MR) is 148 cm³/mol. The number of carbonyl (C=O) groups is 1. The van der Waals surface area contributed by atoms with Gasteiger partial charge in [0.05, 0.1) is 29.2 Å². The number of aromatic nitrogens is 2. The van der Waals surface area contributed by atoms with Crippen LogP contribution in [0.4, 0.5) is 5.82 Å². The van der Waals surface area contributed by atoms with E-state index in [0.717, 1.165) is 16.7 Å². The first kappa shape index (κ1) is 24.7. The third-order valence-corrected chi connectivity index (χ3v) is 7.77. The molecule has 0 N–H and O–H groups in total. The van der Waals surface area contributed by atoms with E-state index in [4.69, 9.17) is 21.9 Å². The Morgan fingerprint density at radius 1 is 1.11 bits per heavy atom. The highest BCUT2D eigenvalue weighted by Crippen LogP contribution is 2.35. The van der Waals surface area contributed by atoms with Crippen LogP contribution in [0, 0.1) is 13.8 Å². The smallest absolute Gasteiger partial charge is 0.267 e. The van der Waals surface area contributed by atoms with Crippen LogP contribution in [-0.2, 0) is 16.1 Å². The van der Waals surface area contributed by atoms with E-state index in [2.05, 4.69) is 4.90 Å². The Morgan fingerprint density at radius 3 is 2.50 bits per heavy atom. The Bertz CT molecular complexity index is 1440. The van der Waals surface area contributed by atoms with Crippen LogP contribution < -0.4 is 10.5 Å². The minimum Gasteiger partial charge on any atom is -0.372 e. The van der Waals surface area contributed by atoms with E-state index in [0.29, 0.717) is 45.9 Å². The lowest BCUT2D eigenvalue weighted by Crippen LogP contribution is -2.46. The van der Waals surface area contributed by atoms with Crippen LogP contribution in [0.5, 0.6) is 0 Å². The maximum atomic E-state index is 13.7. The molecule has 36 heavy (non-hydrogen) atoms. The predicted octanol–water partition coefficient (Wildman–Crippen LogP) is 4.33. The average Bonchev–Trinajstić information content (AvgIpc) is 3.09. The van der Waals surface area contributed by atoms with Crippen LogP contribution >= 0.6 is 24.0 Å². The average molecular weight is 521 g/mol. The molecule has 186 valence electrons. The maximum absolute atomic E-state index is 13.7. The van der Waals surface area contributed by atoms with E-state index in [-0.39, 0.29) is 23.7 Å². The van der Waals surface area contributed by atoms with Crippen LogP contribution in [-0.4, -0.2) is 49.8 Å². The zero-order valence-electron chi connectivity index (χ0n) is 20.7. The summed E-state index contributed by atoms with van der Waals surface area (Å²) in [7, 11) is 0. The second kappa shape index (κ2) is 9.80. The fourth-order valence-corrected chi connectivity index (χ4v) is 5.90. The summed E-state index contributed by atoms with van der Waals surface area (Å²) >= 11 is 6.78. The number of carbonyl (C=O) groups excluding carboxylic acids is 1. The maximum Gasteiger partial charge on any atom is 0.267 e. The number of pyridine rings is 1. The molecule has 2 aromatic heterocycles. The van der Waals surface area contributed by atoms with E-state index in [1.54, 1.807) is 21.6 Å². The van der Waals surface area contributed by atoms with Crippen molar-refractivity contribution in [3.63, 3.8) is 0 Å². The molecule has 0 radical (unpaired) electrons. The van der Waals surface area contributed by atoms with Crippen LogP contribution in [0.3, 0.4) is 0 Å². The van der Waals surface area contributed by atoms with Gasteiger partial charge in [-0.15, -0.1) is 0 Å². The molecular formula is C27H28N4O3S2. The highest BCUT2D eigenvalue weighted by molar-refractivity contribution is 8.26. The Hall–Kier alpha value is -3.01. The molecule has 1 amide bonds. The number of rotatable bonds is 4. The molecule has 9 heteroatoms. The van der Waals surface area contributed by atoms with Gasteiger partial charge in [0, 0.05) is 19.3 Å². The van der Waals surface area contributed by atoms with E-state index in [1.165, 1.54) is 11.8 Å². The summed E-state index contributed by atoms with van der Waals surface area (Å²) < 4.78 is 7.94. The molecule has 2 saturated heterocycles. The molecule has 1 aromatic carbocycles. The van der Waals surface area contributed by atoms with Gasteiger partial charge in [0.25, 0.3) is 11.5 Å². The number of nitrogens with zero attached hydrogens (tertiary/aromatic N) is 4. The fourth-order valence-electron chi connectivity index (χ4n) is 4.66. The molecule has 7 nitrogen and oxygen atoms in total. The number of thiocarbonyl (C=S) groups is 1. The van der Waals surface area contributed by atoms with Crippen molar-refractivity contribution in [1.29, 1.82) is 0 Å². The number of benzene rings is 1. The van der Waals surface area contributed by atoms with Crippen molar-refractivity contribution in [3.8, 4) is 0 Å². The first-order valence-electron chi connectivity index (χ1n) is 11.9. The van der Waals surface area contributed by atoms with Gasteiger partial charge in [0.1, 0.15) is 15.8 Å². The molecule has 0 spiro atoms. The Kier molecular flexibility index (Phi) is 6.72. The number of morpholine rings is 1. The lowest BCUT2D eigenvalue weighted by atomic mass is 10.1. The fraction of sp³-hybridized carbons (Fsp3) is 0.333. The van der Waals surface area contributed by atoms with Gasteiger partial charge >= 0.3 is 0 Å². The molecule has 5 rings (SSSR count). The normalized spacial score (nSPS) is 21.7. The SMILES string of the molecule is Cc1ccc(CN2C(=O)/C(=C\c3c(N4C[C@@H](C)O[C@@H](C)C4)nc4c(C)cccn4c3=O)SC2=S)cc1. The van der Waals surface area contributed by atoms with Gasteiger partial charge in [-0.2, -0.15) is 0 Å². The number of anilines is 1. The number of amides is 1. The highest BCUT2D eigenvalue weighted by atomic mass is 32.2. The number of thioether (sulfide) groups is 1. The molecule has 2 aliphatic heterocycles. The number of aryl methyl sites for hydroxylation is 2. The first-order chi connectivity index (χ1) is 17.2. The van der Waals surface area contributed by atoms with Gasteiger partial charge in [0.15, 0.2) is 0 Å². The van der Waals surface area contributed by atoms with Gasteiger partial charge in [0.2, 0.25) is 0 Å². The summed E-state index contributed by atoms with van der Waals surface area (Å²) in [5.41, 5.74) is 3.83. The van der Waals surface area contributed by atoms with Gasteiger partial charge in [-0.3, -0.25) is 18.9 Å². The summed E-state index contributed by atoms with van der Waals surface area (Å²) in [4.78, 5) is 36.2. The summed E-state index contributed by atoms with van der Waals surface area (Å²) in [6.45, 7) is 9.59. The lowest BCUT2D eigenvalue weighted by Gasteiger charge is -2.36. The molecule has 0 unspecified atom stereocenters. The number of hydrogen-bond acceptors (Lipinski definition) is 7. The molecule has 0 saturated carbocycles. The van der Waals surface area contributed by atoms with Crippen LogP contribution in [0.1, 0.15) is 36.1 Å². The van der Waals surface area contributed by atoms with Crippen LogP contribution in [0.15, 0.2) is 52.3 Å². The van der Waals surface area contributed by atoms with Crippen molar-refractivity contribution in [2.24, 2.45) is 0 Å². The zero-order chi connectivity index (χ0) is 25.6. The van der Waals surface area contributed by atoms with Crippen molar-refractivity contribution >= 4 is 51.7 Å².